The van der Waals surface area contributed by atoms with Crippen molar-refractivity contribution in [2.45, 2.75) is 39.8 Å². The van der Waals surface area contributed by atoms with E-state index in [1.165, 1.54) is 7.11 Å². The number of guanidine groups is 1. The number of ether oxygens (including phenoxy) is 1. The number of amides is 1. The predicted molar refractivity (Wildman–Crippen MR) is 115 cm³/mol. The summed E-state index contributed by atoms with van der Waals surface area (Å²) >= 11 is 0. The van der Waals surface area contributed by atoms with Crippen molar-refractivity contribution in [3.05, 3.63) is 23.8 Å². The Morgan fingerprint density at radius 2 is 2.00 bits per heavy atom. The summed E-state index contributed by atoms with van der Waals surface area (Å²) in [5.41, 5.74) is 0.579. The van der Waals surface area contributed by atoms with Gasteiger partial charge in [-0.3, -0.25) is 4.79 Å². The van der Waals surface area contributed by atoms with E-state index in [2.05, 4.69) is 15.6 Å². The molecule has 0 unspecified atom stereocenters. The second kappa shape index (κ2) is 11.1. The van der Waals surface area contributed by atoms with Gasteiger partial charge in [0.1, 0.15) is 0 Å². The summed E-state index contributed by atoms with van der Waals surface area (Å²) in [4.78, 5) is 18.4. The molecule has 7 nitrogen and oxygen atoms in total. The van der Waals surface area contributed by atoms with Crippen LogP contribution in [0.15, 0.2) is 23.2 Å². The minimum absolute atomic E-state index is 0. The van der Waals surface area contributed by atoms with Gasteiger partial charge in [0.05, 0.1) is 20.2 Å². The molecule has 0 aliphatic rings. The first-order valence-electron chi connectivity index (χ1n) is 8.32. The SMILES string of the molecule is CCNC(=NCc1ccc(OC)c(O)c1)N(C)CC(=O)NC(C)(C)C.I. The summed E-state index contributed by atoms with van der Waals surface area (Å²) in [5, 5.41) is 15.9. The number of benzene rings is 1. The monoisotopic (exact) mass is 478 g/mol. The average molecular weight is 478 g/mol. The quantitative estimate of drug-likeness (QED) is 0.332. The maximum atomic E-state index is 12.1. The molecule has 1 aromatic carbocycles. The highest BCUT2D eigenvalue weighted by Gasteiger charge is 2.16. The fraction of sp³-hybridized carbons (Fsp3) is 0.556. The Morgan fingerprint density at radius 1 is 1.35 bits per heavy atom. The number of aliphatic imine (C=N–C) groups is 1. The van der Waals surface area contributed by atoms with E-state index in [0.717, 1.165) is 5.56 Å². The summed E-state index contributed by atoms with van der Waals surface area (Å²) in [6, 6.07) is 5.17. The lowest BCUT2D eigenvalue weighted by Crippen LogP contribution is -2.48. The molecule has 0 aromatic heterocycles. The van der Waals surface area contributed by atoms with Crippen molar-refractivity contribution in [3.8, 4) is 11.5 Å². The van der Waals surface area contributed by atoms with E-state index in [4.69, 9.17) is 4.74 Å². The molecule has 0 spiro atoms. The van der Waals surface area contributed by atoms with Crippen LogP contribution >= 0.6 is 24.0 Å². The van der Waals surface area contributed by atoms with Crippen molar-refractivity contribution < 1.29 is 14.6 Å². The zero-order valence-corrected chi connectivity index (χ0v) is 18.8. The number of nitrogens with zero attached hydrogens (tertiary/aromatic N) is 2. The smallest absolute Gasteiger partial charge is 0.240 e. The van der Waals surface area contributed by atoms with E-state index in [-0.39, 0.29) is 47.7 Å². The van der Waals surface area contributed by atoms with E-state index in [1.54, 1.807) is 17.0 Å². The fourth-order valence-corrected chi connectivity index (χ4v) is 2.22. The average Bonchev–Trinajstić information content (AvgIpc) is 2.49. The Hall–Kier alpha value is -1.71. The molecule has 0 bridgehead atoms. The number of methoxy groups -OCH3 is 1. The highest BCUT2D eigenvalue weighted by atomic mass is 127. The number of phenolic OH excluding ortho intramolecular Hbond substituents is 1. The van der Waals surface area contributed by atoms with Gasteiger partial charge in [0.25, 0.3) is 0 Å². The molecule has 1 amide bonds. The lowest BCUT2D eigenvalue weighted by atomic mass is 10.1. The maximum absolute atomic E-state index is 12.1. The van der Waals surface area contributed by atoms with Crippen LogP contribution in [0.25, 0.3) is 0 Å². The lowest BCUT2D eigenvalue weighted by Gasteiger charge is -2.25. The molecule has 0 aliphatic carbocycles. The molecule has 8 heteroatoms. The Kier molecular flexibility index (Phi) is 10.4. The third-order valence-corrected chi connectivity index (χ3v) is 3.25. The van der Waals surface area contributed by atoms with Crippen molar-refractivity contribution in [1.82, 2.24) is 15.5 Å². The number of carbonyl (C=O) groups is 1. The van der Waals surface area contributed by atoms with Gasteiger partial charge in [-0.1, -0.05) is 6.07 Å². The number of halogens is 1. The van der Waals surface area contributed by atoms with Crippen LogP contribution in [0.1, 0.15) is 33.3 Å². The fourth-order valence-electron chi connectivity index (χ4n) is 2.22. The third kappa shape index (κ3) is 8.59. The standard InChI is InChI=1S/C18H30N4O3.HI/c1-7-19-17(22(5)12-16(24)21-18(2,3)4)20-11-13-8-9-15(25-6)14(23)10-13;/h8-10,23H,7,11-12H2,1-6H3,(H,19,20)(H,21,24);1H. The topological polar surface area (TPSA) is 86.2 Å². The van der Waals surface area contributed by atoms with Crippen LogP contribution in [0.2, 0.25) is 0 Å². The van der Waals surface area contributed by atoms with Crippen molar-refractivity contribution in [2.24, 2.45) is 4.99 Å². The summed E-state index contributed by atoms with van der Waals surface area (Å²) in [5.74, 6) is 1.07. The van der Waals surface area contributed by atoms with Gasteiger partial charge in [-0.25, -0.2) is 4.99 Å². The van der Waals surface area contributed by atoms with Gasteiger partial charge < -0.3 is 25.4 Å². The largest absolute Gasteiger partial charge is 0.504 e. The minimum Gasteiger partial charge on any atom is -0.504 e. The molecule has 148 valence electrons. The molecule has 0 aliphatic heterocycles. The van der Waals surface area contributed by atoms with Gasteiger partial charge in [0.15, 0.2) is 17.5 Å². The maximum Gasteiger partial charge on any atom is 0.240 e. The number of nitrogens with one attached hydrogen (secondary N) is 2. The van der Waals surface area contributed by atoms with Gasteiger partial charge >= 0.3 is 0 Å². The summed E-state index contributed by atoms with van der Waals surface area (Å²) in [7, 11) is 3.32. The molecule has 26 heavy (non-hydrogen) atoms. The van der Waals surface area contributed by atoms with Crippen LogP contribution in [-0.2, 0) is 11.3 Å². The van der Waals surface area contributed by atoms with E-state index in [9.17, 15) is 9.90 Å². The van der Waals surface area contributed by atoms with Crippen LogP contribution < -0.4 is 15.4 Å². The molecule has 0 atom stereocenters. The van der Waals surface area contributed by atoms with E-state index < -0.39 is 0 Å². The van der Waals surface area contributed by atoms with Gasteiger partial charge in [-0.2, -0.15) is 0 Å². The van der Waals surface area contributed by atoms with Crippen LogP contribution in [-0.4, -0.2) is 54.7 Å². The zero-order valence-electron chi connectivity index (χ0n) is 16.4. The Morgan fingerprint density at radius 3 is 2.50 bits per heavy atom. The Labute approximate surface area is 173 Å². The normalized spacial score (nSPS) is 11.4. The van der Waals surface area contributed by atoms with Crippen molar-refractivity contribution in [1.29, 1.82) is 0 Å². The second-order valence-electron chi connectivity index (χ2n) is 6.83. The molecule has 1 aromatic rings. The van der Waals surface area contributed by atoms with Crippen LogP contribution in [0, 0.1) is 0 Å². The summed E-state index contributed by atoms with van der Waals surface area (Å²) in [6.45, 7) is 9.08. The van der Waals surface area contributed by atoms with Crippen molar-refractivity contribution >= 4 is 35.8 Å². The molecule has 3 N–H and O–H groups in total. The first-order chi connectivity index (χ1) is 11.7. The van der Waals surface area contributed by atoms with Gasteiger partial charge in [0.2, 0.25) is 5.91 Å². The number of likely N-dealkylation sites (N-methyl/N-ethyl adjacent to an activating group) is 1. The highest BCUT2D eigenvalue weighted by Crippen LogP contribution is 2.26. The first-order valence-corrected chi connectivity index (χ1v) is 8.32. The molecule has 0 saturated heterocycles. The molecular formula is C18H31IN4O3. The van der Waals surface area contributed by atoms with Crippen molar-refractivity contribution in [2.75, 3.05) is 27.2 Å². The molecular weight excluding hydrogens is 447 g/mol. The second-order valence-corrected chi connectivity index (χ2v) is 6.83. The van der Waals surface area contributed by atoms with Gasteiger partial charge in [-0.15, -0.1) is 24.0 Å². The number of hydrogen-bond donors (Lipinski definition) is 3. The third-order valence-electron chi connectivity index (χ3n) is 3.25. The number of aromatic hydroxyl groups is 1. The lowest BCUT2D eigenvalue weighted by molar-refractivity contribution is -0.122. The first kappa shape index (κ1) is 24.3. The van der Waals surface area contributed by atoms with Crippen LogP contribution in [0.4, 0.5) is 0 Å². The number of carbonyl (C=O) groups excluding carboxylic acids is 1. The number of hydrogen-bond acceptors (Lipinski definition) is 4. The molecule has 0 radical (unpaired) electrons. The summed E-state index contributed by atoms with van der Waals surface area (Å²) in [6.07, 6.45) is 0. The number of phenols is 1. The number of rotatable bonds is 6. The van der Waals surface area contributed by atoms with E-state index in [1.807, 2.05) is 40.8 Å². The Balaban J connectivity index is 0.00000625. The molecule has 0 saturated carbocycles. The van der Waals surface area contributed by atoms with Crippen LogP contribution in [0.3, 0.4) is 0 Å². The molecule has 0 heterocycles. The zero-order chi connectivity index (χ0) is 19.0. The molecule has 1 rings (SSSR count). The van der Waals surface area contributed by atoms with Gasteiger partial charge in [0, 0.05) is 19.1 Å². The predicted octanol–water partition coefficient (Wildman–Crippen LogP) is 2.33. The minimum atomic E-state index is -0.270. The van der Waals surface area contributed by atoms with E-state index in [0.29, 0.717) is 24.8 Å². The van der Waals surface area contributed by atoms with Crippen molar-refractivity contribution in [3.63, 3.8) is 0 Å². The van der Waals surface area contributed by atoms with E-state index >= 15 is 0 Å². The summed E-state index contributed by atoms with van der Waals surface area (Å²) < 4.78 is 5.04. The molecule has 0 fully saturated rings. The highest BCUT2D eigenvalue weighted by molar-refractivity contribution is 14.0. The van der Waals surface area contributed by atoms with Gasteiger partial charge in [-0.05, 0) is 45.4 Å². The van der Waals surface area contributed by atoms with Crippen LogP contribution in [0.5, 0.6) is 11.5 Å². The Bertz CT molecular complexity index is 615.